The number of amides is 3. The highest BCUT2D eigenvalue weighted by molar-refractivity contribution is 6.31. The Bertz CT molecular complexity index is 2120. The fraction of sp³-hybridized carbons (Fsp3) is 0.341. The number of nitrogens with one attached hydrogen (secondary N) is 1. The summed E-state index contributed by atoms with van der Waals surface area (Å²) in [4.78, 5) is 49.2. The highest BCUT2D eigenvalue weighted by Crippen LogP contribution is 2.47. The molecular formula is C44H46ClN5O5. The third kappa shape index (κ3) is 6.50. The fourth-order valence-electron chi connectivity index (χ4n) is 8.88. The van der Waals surface area contributed by atoms with E-state index in [1.807, 2.05) is 71.6 Å². The van der Waals surface area contributed by atoms with Crippen molar-refractivity contribution in [3.05, 3.63) is 136 Å². The highest BCUT2D eigenvalue weighted by Gasteiger charge is 2.54. The maximum absolute atomic E-state index is 14.3. The van der Waals surface area contributed by atoms with E-state index in [9.17, 15) is 24.6 Å². The zero-order valence-electron chi connectivity index (χ0n) is 30.9. The second-order valence-electron chi connectivity index (χ2n) is 15.2. The van der Waals surface area contributed by atoms with Gasteiger partial charge in [-0.25, -0.2) is 0 Å². The average molecular weight is 760 g/mol. The lowest BCUT2D eigenvalue weighted by atomic mass is 9.83. The summed E-state index contributed by atoms with van der Waals surface area (Å²) >= 11 is 6.43. The molecule has 3 N–H and O–H groups in total. The van der Waals surface area contributed by atoms with Gasteiger partial charge in [-0.05, 0) is 91.5 Å². The van der Waals surface area contributed by atoms with Crippen molar-refractivity contribution in [1.82, 2.24) is 10.2 Å². The van der Waals surface area contributed by atoms with Gasteiger partial charge in [0, 0.05) is 40.8 Å². The Kier molecular flexibility index (Phi) is 10.0. The number of aliphatic hydroxyl groups is 2. The predicted octanol–water partition coefficient (Wildman–Crippen LogP) is 5.54. The Labute approximate surface area is 326 Å². The summed E-state index contributed by atoms with van der Waals surface area (Å²) in [5, 5.41) is 26.1. The van der Waals surface area contributed by atoms with Crippen molar-refractivity contribution >= 4 is 46.4 Å². The quantitative estimate of drug-likeness (QED) is 0.192. The van der Waals surface area contributed by atoms with Crippen LogP contribution < -0.4 is 20.0 Å². The predicted molar refractivity (Wildman–Crippen MR) is 214 cm³/mol. The van der Waals surface area contributed by atoms with E-state index in [4.69, 9.17) is 11.6 Å². The number of halogens is 1. The first kappa shape index (κ1) is 36.9. The van der Waals surface area contributed by atoms with Crippen LogP contribution in [0.4, 0.5) is 17.1 Å². The summed E-state index contributed by atoms with van der Waals surface area (Å²) < 4.78 is 0. The summed E-state index contributed by atoms with van der Waals surface area (Å²) in [6.45, 7) is 4.24. The zero-order valence-corrected chi connectivity index (χ0v) is 31.7. The van der Waals surface area contributed by atoms with Gasteiger partial charge in [-0.2, -0.15) is 0 Å². The number of nitrogens with zero attached hydrogens (tertiary/aromatic N) is 4. The first-order valence-corrected chi connectivity index (χ1v) is 19.4. The zero-order chi connectivity index (χ0) is 38.3. The molecule has 4 aromatic carbocycles. The third-order valence-electron chi connectivity index (χ3n) is 12.0. The number of fused-ring (bicyclic) bond motifs is 2. The molecule has 3 atom stereocenters. The van der Waals surface area contributed by atoms with Crippen LogP contribution in [0, 0.1) is 5.92 Å². The minimum absolute atomic E-state index is 0.0619. The van der Waals surface area contributed by atoms with Crippen LogP contribution in [0.2, 0.25) is 5.02 Å². The Balaban J connectivity index is 0.984. The number of para-hydroxylation sites is 1. The Hall–Kier alpha value is -5.00. The number of hydrogen-bond acceptors (Lipinski definition) is 7. The van der Waals surface area contributed by atoms with E-state index in [0.29, 0.717) is 35.9 Å². The molecule has 4 aromatic rings. The van der Waals surface area contributed by atoms with Crippen LogP contribution in [0.5, 0.6) is 0 Å². The van der Waals surface area contributed by atoms with Gasteiger partial charge in [0.05, 0.1) is 31.5 Å². The van der Waals surface area contributed by atoms with Crippen molar-refractivity contribution in [2.75, 3.05) is 41.1 Å². The molecule has 284 valence electrons. The van der Waals surface area contributed by atoms with Crippen LogP contribution >= 0.6 is 11.6 Å². The molecule has 0 saturated carbocycles. The first-order valence-electron chi connectivity index (χ1n) is 19.1. The van der Waals surface area contributed by atoms with Crippen molar-refractivity contribution in [2.45, 2.75) is 62.9 Å². The average Bonchev–Trinajstić information content (AvgIpc) is 3.60. The Morgan fingerprint density at radius 2 is 1.64 bits per heavy atom. The molecule has 4 heterocycles. The highest BCUT2D eigenvalue weighted by atomic mass is 35.5. The molecule has 0 aliphatic carbocycles. The number of hydrogen-bond donors (Lipinski definition) is 3. The molecule has 11 heteroatoms. The van der Waals surface area contributed by atoms with E-state index >= 15 is 0 Å². The second-order valence-corrected chi connectivity index (χ2v) is 15.6. The summed E-state index contributed by atoms with van der Waals surface area (Å²) in [6.07, 6.45) is 5.51. The van der Waals surface area contributed by atoms with Gasteiger partial charge in [0.25, 0.3) is 11.8 Å². The van der Waals surface area contributed by atoms with E-state index < -0.39 is 23.0 Å². The smallest absolute Gasteiger partial charge is 0.264 e. The fourth-order valence-corrected chi connectivity index (χ4v) is 9.05. The molecule has 1 spiro atoms. The number of carbonyl (C=O) groups excluding carboxylic acids is 3. The lowest BCUT2D eigenvalue weighted by molar-refractivity contribution is -0.139. The summed E-state index contributed by atoms with van der Waals surface area (Å²) in [6, 6.07) is 30.5. The molecule has 4 aliphatic heterocycles. The number of benzene rings is 4. The monoisotopic (exact) mass is 759 g/mol. The molecule has 8 rings (SSSR count). The molecule has 0 bridgehead atoms. The summed E-state index contributed by atoms with van der Waals surface area (Å²) in [7, 11) is 0. The van der Waals surface area contributed by atoms with Crippen molar-refractivity contribution < 1.29 is 24.6 Å². The molecule has 2 saturated heterocycles. The lowest BCUT2D eigenvalue weighted by Gasteiger charge is -2.39. The number of piperidine rings is 1. The van der Waals surface area contributed by atoms with Gasteiger partial charge in [0.1, 0.15) is 5.54 Å². The first-order chi connectivity index (χ1) is 26.6. The number of rotatable bonds is 9. The lowest BCUT2D eigenvalue weighted by Crippen LogP contribution is -2.55. The molecule has 0 radical (unpaired) electrons. The van der Waals surface area contributed by atoms with E-state index in [1.165, 1.54) is 0 Å². The van der Waals surface area contributed by atoms with E-state index in [2.05, 4.69) is 22.3 Å². The summed E-state index contributed by atoms with van der Waals surface area (Å²) in [5.41, 5.74) is 3.30. The minimum atomic E-state index is -1.91. The SMILES string of the molecule is C[C@@H](/C=C/CC(=O)N1Cc2ccccc2C[C@H]1CO)[C@]1(O)C(=O)N(Cc2ccc(N3CN(c4ccccc4)C4(CCNCC4)C3=O)cc2)c2ccc(Cl)cc21. The van der Waals surface area contributed by atoms with Gasteiger partial charge >= 0.3 is 0 Å². The van der Waals surface area contributed by atoms with Crippen molar-refractivity contribution in [1.29, 1.82) is 0 Å². The van der Waals surface area contributed by atoms with Crippen molar-refractivity contribution in [3.63, 3.8) is 0 Å². The molecule has 3 amide bonds. The number of aliphatic hydroxyl groups excluding tert-OH is 1. The van der Waals surface area contributed by atoms with Crippen LogP contribution in [-0.4, -0.2) is 70.8 Å². The van der Waals surface area contributed by atoms with Gasteiger partial charge in [-0.3, -0.25) is 19.3 Å². The van der Waals surface area contributed by atoms with E-state index in [-0.39, 0.29) is 37.4 Å². The molecule has 0 unspecified atom stereocenters. The van der Waals surface area contributed by atoms with Gasteiger partial charge in [-0.15, -0.1) is 0 Å². The molecule has 2 fully saturated rings. The molecule has 55 heavy (non-hydrogen) atoms. The molecule has 0 aromatic heterocycles. The molecule has 10 nitrogen and oxygen atoms in total. The van der Waals surface area contributed by atoms with Crippen LogP contribution in [-0.2, 0) is 39.5 Å². The third-order valence-corrected chi connectivity index (χ3v) is 12.3. The van der Waals surface area contributed by atoms with Gasteiger partial charge in [-0.1, -0.05) is 85.3 Å². The Morgan fingerprint density at radius 3 is 2.36 bits per heavy atom. The minimum Gasteiger partial charge on any atom is -0.394 e. The normalized spacial score (nSPS) is 22.4. The van der Waals surface area contributed by atoms with Crippen molar-refractivity contribution in [3.8, 4) is 0 Å². The number of carbonyl (C=O) groups is 3. The van der Waals surface area contributed by atoms with E-state index in [1.54, 1.807) is 47.1 Å². The van der Waals surface area contributed by atoms with Crippen molar-refractivity contribution in [2.24, 2.45) is 5.92 Å². The molecular weight excluding hydrogens is 714 g/mol. The van der Waals surface area contributed by atoms with Gasteiger partial charge in [0.15, 0.2) is 5.60 Å². The van der Waals surface area contributed by atoms with Crippen LogP contribution in [0.3, 0.4) is 0 Å². The summed E-state index contributed by atoms with van der Waals surface area (Å²) in [5.74, 6) is -1.21. The number of anilines is 3. The van der Waals surface area contributed by atoms with Crippen LogP contribution in [0.25, 0.3) is 0 Å². The second kappa shape index (κ2) is 14.9. The van der Waals surface area contributed by atoms with Gasteiger partial charge in [0.2, 0.25) is 5.91 Å². The molecule has 4 aliphatic rings. The van der Waals surface area contributed by atoms with Gasteiger partial charge < -0.3 is 30.2 Å². The maximum atomic E-state index is 14.3. The largest absolute Gasteiger partial charge is 0.394 e. The Morgan fingerprint density at radius 1 is 0.927 bits per heavy atom. The van der Waals surface area contributed by atoms with E-state index in [0.717, 1.165) is 54.0 Å². The topological polar surface area (TPSA) is 117 Å². The van der Waals surface area contributed by atoms with Crippen LogP contribution in [0.15, 0.2) is 109 Å². The standard InChI is InChI=1S/C44H46ClN5O5/c1-30(8-7-13-40(52)47-27-33-10-6-5-9-32(33)24-37(47)28-51)44(55)38-25-34(45)16-19-39(38)48(42(44)54)26-31-14-17-35(18-15-31)49-29-50(36-11-3-2-4-12-36)43(41(49)53)20-22-46-23-21-43/h2-12,14-19,25,30,37,46,51,55H,13,20-24,26-29H2,1H3/b8-7+/t30-,37-,44+/m0/s1. The van der Waals surface area contributed by atoms with Crippen LogP contribution in [0.1, 0.15) is 48.4 Å². The maximum Gasteiger partial charge on any atom is 0.264 e.